The van der Waals surface area contributed by atoms with Crippen molar-refractivity contribution in [3.63, 3.8) is 0 Å². The highest BCUT2D eigenvalue weighted by Crippen LogP contribution is 2.40. The van der Waals surface area contributed by atoms with E-state index in [1.54, 1.807) is 6.20 Å². The number of aliphatic hydroxyl groups is 1. The molecular formula is C23H30N4O2. The number of amides is 1. The summed E-state index contributed by atoms with van der Waals surface area (Å²) in [6, 6.07) is 12.1. The van der Waals surface area contributed by atoms with Crippen molar-refractivity contribution in [2.45, 2.75) is 45.1 Å². The van der Waals surface area contributed by atoms with Gasteiger partial charge >= 0.3 is 0 Å². The number of anilines is 1. The Labute approximate surface area is 172 Å². The van der Waals surface area contributed by atoms with E-state index in [9.17, 15) is 9.90 Å². The van der Waals surface area contributed by atoms with Gasteiger partial charge in [0.1, 0.15) is 11.6 Å². The molecule has 1 spiro atoms. The predicted octanol–water partition coefficient (Wildman–Crippen LogP) is 2.60. The zero-order valence-electron chi connectivity index (χ0n) is 17.1. The molecule has 3 heterocycles. The van der Waals surface area contributed by atoms with Gasteiger partial charge in [0.15, 0.2) is 0 Å². The van der Waals surface area contributed by atoms with Crippen LogP contribution in [0.4, 0.5) is 5.82 Å². The summed E-state index contributed by atoms with van der Waals surface area (Å²) in [5, 5.41) is 10.9. The van der Waals surface area contributed by atoms with Crippen LogP contribution in [0, 0.1) is 12.3 Å². The summed E-state index contributed by atoms with van der Waals surface area (Å²) in [6.07, 6.45) is 5.27. The first-order valence-corrected chi connectivity index (χ1v) is 10.6. The van der Waals surface area contributed by atoms with Gasteiger partial charge in [0.25, 0.3) is 0 Å². The maximum atomic E-state index is 12.9. The Bertz CT molecular complexity index is 844. The maximum absolute atomic E-state index is 12.9. The zero-order chi connectivity index (χ0) is 20.3. The number of nitrogens with zero attached hydrogens (tertiary/aromatic N) is 4. The Balaban J connectivity index is 1.44. The minimum Gasteiger partial charge on any atom is -0.392 e. The van der Waals surface area contributed by atoms with Crippen LogP contribution in [-0.2, 0) is 11.2 Å². The first-order valence-electron chi connectivity index (χ1n) is 10.6. The van der Waals surface area contributed by atoms with Crippen molar-refractivity contribution in [2.75, 3.05) is 31.1 Å². The lowest BCUT2D eigenvalue weighted by atomic mass is 9.71. The van der Waals surface area contributed by atoms with Gasteiger partial charge in [-0.2, -0.15) is 0 Å². The second-order valence-corrected chi connectivity index (χ2v) is 8.45. The van der Waals surface area contributed by atoms with E-state index in [4.69, 9.17) is 0 Å². The Kier molecular flexibility index (Phi) is 5.81. The average molecular weight is 395 g/mol. The number of aryl methyl sites for hydroxylation is 2. The van der Waals surface area contributed by atoms with Gasteiger partial charge in [-0.3, -0.25) is 4.79 Å². The van der Waals surface area contributed by atoms with E-state index in [0.29, 0.717) is 19.4 Å². The van der Waals surface area contributed by atoms with Crippen LogP contribution in [0.1, 0.15) is 37.1 Å². The van der Waals surface area contributed by atoms with Crippen molar-refractivity contribution < 1.29 is 9.90 Å². The molecule has 0 saturated carbocycles. The second kappa shape index (κ2) is 8.49. The molecule has 0 bridgehead atoms. The normalized spacial score (nSPS) is 24.7. The van der Waals surface area contributed by atoms with E-state index in [0.717, 1.165) is 50.5 Å². The smallest absolute Gasteiger partial charge is 0.222 e. The number of rotatable bonds is 4. The van der Waals surface area contributed by atoms with Gasteiger partial charge in [-0.25, -0.2) is 9.97 Å². The van der Waals surface area contributed by atoms with Crippen LogP contribution in [0.2, 0.25) is 0 Å². The summed E-state index contributed by atoms with van der Waals surface area (Å²) >= 11 is 0. The highest BCUT2D eigenvalue weighted by molar-refractivity contribution is 5.76. The van der Waals surface area contributed by atoms with E-state index in [1.165, 1.54) is 5.56 Å². The van der Waals surface area contributed by atoms with Crippen molar-refractivity contribution in [3.05, 3.63) is 54.0 Å². The summed E-state index contributed by atoms with van der Waals surface area (Å²) in [5.41, 5.74) is 0.910. The third kappa shape index (κ3) is 4.42. The zero-order valence-corrected chi connectivity index (χ0v) is 17.1. The lowest BCUT2D eigenvalue weighted by molar-refractivity contribution is -0.137. The van der Waals surface area contributed by atoms with E-state index in [-0.39, 0.29) is 17.4 Å². The third-order valence-electron chi connectivity index (χ3n) is 6.40. The van der Waals surface area contributed by atoms with Crippen LogP contribution in [0.5, 0.6) is 0 Å². The van der Waals surface area contributed by atoms with Gasteiger partial charge in [0.2, 0.25) is 5.91 Å². The molecule has 1 amide bonds. The number of likely N-dealkylation sites (tertiary alicyclic amines) is 1. The monoisotopic (exact) mass is 394 g/mol. The molecule has 2 aliphatic heterocycles. The number of aromatic nitrogens is 2. The molecule has 0 unspecified atom stereocenters. The number of carbonyl (C=O) groups excluding carboxylic acids is 1. The standard InChI is InChI=1S/C23H30N4O2/c1-18-24-13-10-21(25-18)26-15-11-20(28)23(16-26)12-5-14-27(17-23)22(29)9-8-19-6-3-2-4-7-19/h2-4,6-7,10,13,20,28H,5,8-9,11-12,14-17H2,1H3/t20-,23-/m1/s1. The molecule has 4 rings (SSSR count). The number of aliphatic hydroxyl groups excluding tert-OH is 1. The largest absolute Gasteiger partial charge is 0.392 e. The van der Waals surface area contributed by atoms with Crippen molar-refractivity contribution in [3.8, 4) is 0 Å². The number of carbonyl (C=O) groups is 1. The molecule has 29 heavy (non-hydrogen) atoms. The Morgan fingerprint density at radius 2 is 2.03 bits per heavy atom. The average Bonchev–Trinajstić information content (AvgIpc) is 2.75. The fourth-order valence-corrected chi connectivity index (χ4v) is 4.79. The number of piperidine rings is 2. The molecule has 1 aromatic heterocycles. The SMILES string of the molecule is Cc1nccc(N2CC[C@@H](O)[C@]3(CCCN(C(=O)CCc4ccccc4)C3)C2)n1. The molecule has 6 heteroatoms. The lowest BCUT2D eigenvalue weighted by Crippen LogP contribution is -2.60. The Morgan fingerprint density at radius 1 is 1.21 bits per heavy atom. The Morgan fingerprint density at radius 3 is 2.83 bits per heavy atom. The van der Waals surface area contributed by atoms with Crippen LogP contribution in [0.25, 0.3) is 0 Å². The first kappa shape index (κ1) is 19.8. The molecule has 2 saturated heterocycles. The fourth-order valence-electron chi connectivity index (χ4n) is 4.79. The molecule has 2 fully saturated rings. The van der Waals surface area contributed by atoms with E-state index >= 15 is 0 Å². The molecule has 2 atom stereocenters. The molecule has 2 aromatic rings. The van der Waals surface area contributed by atoms with Crippen LogP contribution in [0.3, 0.4) is 0 Å². The summed E-state index contributed by atoms with van der Waals surface area (Å²) < 4.78 is 0. The van der Waals surface area contributed by atoms with Gasteiger partial charge in [-0.15, -0.1) is 0 Å². The van der Waals surface area contributed by atoms with E-state index in [2.05, 4.69) is 27.0 Å². The van der Waals surface area contributed by atoms with Crippen LogP contribution < -0.4 is 4.90 Å². The third-order valence-corrected chi connectivity index (χ3v) is 6.40. The molecule has 0 aliphatic carbocycles. The summed E-state index contributed by atoms with van der Waals surface area (Å²) in [7, 11) is 0. The molecule has 2 aliphatic rings. The minimum atomic E-state index is -0.383. The van der Waals surface area contributed by atoms with Crippen LogP contribution >= 0.6 is 0 Å². The summed E-state index contributed by atoms with van der Waals surface area (Å²) in [6.45, 7) is 4.82. The quantitative estimate of drug-likeness (QED) is 0.863. The number of benzene rings is 1. The van der Waals surface area contributed by atoms with E-state index < -0.39 is 0 Å². The number of hydrogen-bond acceptors (Lipinski definition) is 5. The molecule has 1 aromatic carbocycles. The highest BCUT2D eigenvalue weighted by Gasteiger charge is 2.46. The van der Waals surface area contributed by atoms with Crippen molar-refractivity contribution in [1.29, 1.82) is 0 Å². The van der Waals surface area contributed by atoms with E-state index in [1.807, 2.05) is 36.1 Å². The fraction of sp³-hybridized carbons (Fsp3) is 0.522. The first-order chi connectivity index (χ1) is 14.1. The Hall–Kier alpha value is -2.47. The highest BCUT2D eigenvalue weighted by atomic mass is 16.3. The maximum Gasteiger partial charge on any atom is 0.222 e. The van der Waals surface area contributed by atoms with Crippen LogP contribution in [0.15, 0.2) is 42.6 Å². The molecule has 1 N–H and O–H groups in total. The van der Waals surface area contributed by atoms with Gasteiger partial charge in [-0.1, -0.05) is 30.3 Å². The lowest BCUT2D eigenvalue weighted by Gasteiger charge is -2.51. The molecule has 6 nitrogen and oxygen atoms in total. The summed E-state index contributed by atoms with van der Waals surface area (Å²) in [4.78, 5) is 25.9. The predicted molar refractivity (Wildman–Crippen MR) is 113 cm³/mol. The van der Waals surface area contributed by atoms with Crippen molar-refractivity contribution >= 4 is 11.7 Å². The molecule has 154 valence electrons. The number of hydrogen-bond donors (Lipinski definition) is 1. The van der Waals surface area contributed by atoms with Gasteiger partial charge in [0, 0.05) is 44.2 Å². The second-order valence-electron chi connectivity index (χ2n) is 8.45. The van der Waals surface area contributed by atoms with Gasteiger partial charge in [0.05, 0.1) is 6.10 Å². The minimum absolute atomic E-state index is 0.190. The van der Waals surface area contributed by atoms with Crippen LogP contribution in [-0.4, -0.2) is 58.2 Å². The topological polar surface area (TPSA) is 69.6 Å². The van der Waals surface area contributed by atoms with Gasteiger partial charge in [-0.05, 0) is 44.2 Å². The van der Waals surface area contributed by atoms with Gasteiger partial charge < -0.3 is 14.9 Å². The molecule has 0 radical (unpaired) electrons. The summed E-state index contributed by atoms with van der Waals surface area (Å²) in [5.74, 6) is 1.86. The van der Waals surface area contributed by atoms with Crippen molar-refractivity contribution in [2.24, 2.45) is 5.41 Å². The molecular weight excluding hydrogens is 364 g/mol. The van der Waals surface area contributed by atoms with Crippen molar-refractivity contribution in [1.82, 2.24) is 14.9 Å².